The molecular weight excluding hydrogens is 524 g/mol. The Morgan fingerprint density at radius 2 is 1.80 bits per heavy atom. The first-order valence-corrected chi connectivity index (χ1v) is 12.3. The van der Waals surface area contributed by atoms with Crippen molar-refractivity contribution >= 4 is 11.1 Å². The lowest BCUT2D eigenvalue weighted by atomic mass is 9.96. The lowest BCUT2D eigenvalue weighted by molar-refractivity contribution is -0.136. The average Bonchev–Trinajstić information content (AvgIpc) is 3.53. The molecule has 0 aliphatic carbocycles. The summed E-state index contributed by atoms with van der Waals surface area (Å²) in [5.74, 6) is 0.0225. The van der Waals surface area contributed by atoms with Gasteiger partial charge in [-0.15, -0.1) is 10.2 Å². The molecule has 5 rings (SSSR count). The highest BCUT2D eigenvalue weighted by Gasteiger charge is 2.35. The van der Waals surface area contributed by atoms with Gasteiger partial charge in [0.25, 0.3) is 0 Å². The molecule has 0 aliphatic heterocycles. The van der Waals surface area contributed by atoms with Crippen LogP contribution in [0, 0.1) is 22.6 Å². The number of aromatic nitrogens is 4. The van der Waals surface area contributed by atoms with E-state index in [9.17, 15) is 22.8 Å². The fourth-order valence-electron chi connectivity index (χ4n) is 4.39. The predicted molar refractivity (Wildman–Crippen MR) is 141 cm³/mol. The molecule has 0 unspecified atom stereocenters. The Kier molecular flexibility index (Phi) is 6.89. The van der Waals surface area contributed by atoms with Crippen LogP contribution < -0.4 is 5.32 Å². The standard InChI is InChI=1S/C29H24F4N6O/c1-28(2,14-34)15-35-13-17-9-23(29(31,32)33)25-24(10-17)37-27(40-25)19-6-4-5-18(11-19)21-8-7-20(30)12-22(21)26-38-36-16-39(26)3/h4-12,16,35H,13,15H2,1-3H3. The summed E-state index contributed by atoms with van der Waals surface area (Å²) in [6.45, 7) is 3.91. The molecule has 2 aromatic heterocycles. The summed E-state index contributed by atoms with van der Waals surface area (Å²) < 4.78 is 63.6. The van der Waals surface area contributed by atoms with Gasteiger partial charge in [-0.3, -0.25) is 0 Å². The van der Waals surface area contributed by atoms with Crippen LogP contribution in [-0.4, -0.2) is 26.3 Å². The second-order valence-electron chi connectivity index (χ2n) is 10.1. The molecule has 0 aliphatic rings. The van der Waals surface area contributed by atoms with Gasteiger partial charge in [-0.25, -0.2) is 9.37 Å². The van der Waals surface area contributed by atoms with Crippen molar-refractivity contribution in [1.82, 2.24) is 25.1 Å². The van der Waals surface area contributed by atoms with Crippen LogP contribution in [0.5, 0.6) is 0 Å². The van der Waals surface area contributed by atoms with Gasteiger partial charge < -0.3 is 14.3 Å². The molecule has 0 bridgehead atoms. The van der Waals surface area contributed by atoms with Crippen LogP contribution in [0.4, 0.5) is 17.6 Å². The number of nitriles is 1. The molecule has 0 radical (unpaired) electrons. The molecule has 204 valence electrons. The molecule has 40 heavy (non-hydrogen) atoms. The van der Waals surface area contributed by atoms with E-state index in [-0.39, 0.29) is 23.5 Å². The summed E-state index contributed by atoms with van der Waals surface area (Å²) in [6.07, 6.45) is -3.16. The highest BCUT2D eigenvalue weighted by molar-refractivity contribution is 5.84. The maximum absolute atomic E-state index is 14.2. The van der Waals surface area contributed by atoms with Crippen LogP contribution in [0.2, 0.25) is 0 Å². The maximum Gasteiger partial charge on any atom is 0.420 e. The van der Waals surface area contributed by atoms with E-state index >= 15 is 0 Å². The van der Waals surface area contributed by atoms with Gasteiger partial charge in [0, 0.05) is 31.3 Å². The summed E-state index contributed by atoms with van der Waals surface area (Å²) in [7, 11) is 1.74. The van der Waals surface area contributed by atoms with E-state index in [1.807, 2.05) is 0 Å². The van der Waals surface area contributed by atoms with E-state index in [0.717, 1.165) is 6.07 Å². The number of alkyl halides is 3. The molecule has 2 heterocycles. The second-order valence-corrected chi connectivity index (χ2v) is 10.1. The SMILES string of the molecule is Cn1cnnc1-c1cc(F)ccc1-c1cccc(-c2nc3cc(CNCC(C)(C)C#N)cc(C(F)(F)F)c3o2)c1. The average molecular weight is 549 g/mol. The van der Waals surface area contributed by atoms with Crippen LogP contribution in [0.1, 0.15) is 25.0 Å². The van der Waals surface area contributed by atoms with E-state index in [0.29, 0.717) is 40.2 Å². The Morgan fingerprint density at radius 3 is 2.50 bits per heavy atom. The highest BCUT2D eigenvalue weighted by atomic mass is 19.4. The number of benzene rings is 3. The van der Waals surface area contributed by atoms with Crippen LogP contribution in [-0.2, 0) is 19.8 Å². The molecule has 0 saturated carbocycles. The Morgan fingerprint density at radius 1 is 1.02 bits per heavy atom. The zero-order valence-electron chi connectivity index (χ0n) is 21.8. The number of aryl methyl sites for hydroxylation is 1. The van der Waals surface area contributed by atoms with Crippen LogP contribution in [0.3, 0.4) is 0 Å². The number of hydrogen-bond acceptors (Lipinski definition) is 6. The largest absolute Gasteiger partial charge is 0.435 e. The Balaban J connectivity index is 1.55. The molecule has 0 amide bonds. The molecular formula is C29H24F4N6O. The van der Waals surface area contributed by atoms with Gasteiger partial charge in [-0.2, -0.15) is 18.4 Å². The fourth-order valence-corrected chi connectivity index (χ4v) is 4.39. The third kappa shape index (κ3) is 5.44. The normalized spacial score (nSPS) is 12.2. The molecule has 3 aromatic carbocycles. The number of halogens is 4. The van der Waals surface area contributed by atoms with Gasteiger partial charge in [0.2, 0.25) is 5.89 Å². The number of fused-ring (bicyclic) bond motifs is 1. The van der Waals surface area contributed by atoms with Crippen LogP contribution >= 0.6 is 0 Å². The lowest BCUT2D eigenvalue weighted by Gasteiger charge is -2.16. The molecule has 0 saturated heterocycles. The molecule has 11 heteroatoms. The van der Waals surface area contributed by atoms with Gasteiger partial charge in [-0.1, -0.05) is 18.2 Å². The highest BCUT2D eigenvalue weighted by Crippen LogP contribution is 2.39. The zero-order chi connectivity index (χ0) is 28.7. The van der Waals surface area contributed by atoms with Gasteiger partial charge in [0.15, 0.2) is 11.4 Å². The molecule has 0 fully saturated rings. The van der Waals surface area contributed by atoms with Crippen molar-refractivity contribution in [1.29, 1.82) is 5.26 Å². The minimum Gasteiger partial charge on any atom is -0.435 e. The van der Waals surface area contributed by atoms with Gasteiger partial charge in [0.1, 0.15) is 23.2 Å². The predicted octanol–water partition coefficient (Wildman–Crippen LogP) is 6.75. The molecule has 0 spiro atoms. The van der Waals surface area contributed by atoms with Gasteiger partial charge >= 0.3 is 6.18 Å². The van der Waals surface area contributed by atoms with Gasteiger partial charge in [-0.05, 0) is 66.9 Å². The van der Waals surface area contributed by atoms with E-state index in [4.69, 9.17) is 4.42 Å². The summed E-state index contributed by atoms with van der Waals surface area (Å²) in [5.41, 5.74) is 0.736. The Bertz CT molecular complexity index is 1750. The molecule has 0 atom stereocenters. The number of nitrogens with zero attached hydrogens (tertiary/aromatic N) is 5. The summed E-state index contributed by atoms with van der Waals surface area (Å²) in [6, 6.07) is 15.9. The van der Waals surface area contributed by atoms with Crippen LogP contribution in [0.25, 0.3) is 45.1 Å². The quantitative estimate of drug-likeness (QED) is 0.226. The van der Waals surface area contributed by atoms with Crippen molar-refractivity contribution in [3.8, 4) is 40.0 Å². The smallest absolute Gasteiger partial charge is 0.420 e. The first-order valence-electron chi connectivity index (χ1n) is 12.3. The van der Waals surface area contributed by atoms with Gasteiger partial charge in [0.05, 0.1) is 11.5 Å². The third-order valence-corrected chi connectivity index (χ3v) is 6.41. The first-order chi connectivity index (χ1) is 18.9. The van der Waals surface area contributed by atoms with E-state index in [2.05, 4.69) is 26.6 Å². The lowest BCUT2D eigenvalue weighted by Crippen LogP contribution is -2.27. The van der Waals surface area contributed by atoms with E-state index < -0.39 is 23.0 Å². The molecule has 1 N–H and O–H groups in total. The first kappa shape index (κ1) is 27.0. The van der Waals surface area contributed by atoms with Crippen molar-refractivity contribution < 1.29 is 22.0 Å². The van der Waals surface area contributed by atoms with Crippen LogP contribution in [0.15, 0.2) is 65.3 Å². The topological polar surface area (TPSA) is 92.6 Å². The number of nitrogens with one attached hydrogen (secondary N) is 1. The van der Waals surface area contributed by atoms with E-state index in [1.165, 1.54) is 18.5 Å². The van der Waals surface area contributed by atoms with Crippen molar-refractivity contribution in [2.45, 2.75) is 26.6 Å². The summed E-state index contributed by atoms with van der Waals surface area (Å²) in [5, 5.41) is 20.2. The van der Waals surface area contributed by atoms with Crippen molar-refractivity contribution in [3.05, 3.63) is 77.9 Å². The summed E-state index contributed by atoms with van der Waals surface area (Å²) >= 11 is 0. The number of hydrogen-bond donors (Lipinski definition) is 1. The maximum atomic E-state index is 14.2. The van der Waals surface area contributed by atoms with Crippen molar-refractivity contribution in [2.24, 2.45) is 12.5 Å². The van der Waals surface area contributed by atoms with Crippen molar-refractivity contribution in [3.63, 3.8) is 0 Å². The molecule has 5 aromatic rings. The summed E-state index contributed by atoms with van der Waals surface area (Å²) in [4.78, 5) is 4.39. The number of rotatable bonds is 7. The minimum absolute atomic E-state index is 0.0143. The van der Waals surface area contributed by atoms with E-state index in [1.54, 1.807) is 61.9 Å². The minimum atomic E-state index is -4.67. The monoisotopic (exact) mass is 548 g/mol. The Hall–Kier alpha value is -4.56. The zero-order valence-corrected chi connectivity index (χ0v) is 21.8. The fraction of sp³-hybridized carbons (Fsp3) is 0.241. The second kappa shape index (κ2) is 10.2. The van der Waals surface area contributed by atoms with Crippen molar-refractivity contribution in [2.75, 3.05) is 6.54 Å². The molecule has 7 nitrogen and oxygen atoms in total. The number of oxazole rings is 1. The Labute approximate surface area is 227 Å². The third-order valence-electron chi connectivity index (χ3n) is 6.41.